The Bertz CT molecular complexity index is 326. The molecule has 102 valence electrons. The number of likely N-dealkylation sites (tertiary alicyclic amines) is 1. The molecule has 2 aliphatic rings. The molecule has 2 fully saturated rings. The van der Waals surface area contributed by atoms with Crippen LogP contribution in [0.15, 0.2) is 0 Å². The SMILES string of the molecule is CC(O)C(=O)N1CCCC(C(=O)NCC2CC2)C1. The third kappa shape index (κ3) is 3.45. The van der Waals surface area contributed by atoms with Gasteiger partial charge in [-0.3, -0.25) is 9.59 Å². The van der Waals surface area contributed by atoms with E-state index in [1.807, 2.05) is 0 Å². The van der Waals surface area contributed by atoms with Crippen molar-refractivity contribution in [2.75, 3.05) is 19.6 Å². The number of nitrogens with zero attached hydrogens (tertiary/aromatic N) is 1. The molecule has 0 spiro atoms. The maximum atomic E-state index is 12.0. The Morgan fingerprint density at radius 3 is 2.72 bits per heavy atom. The molecular weight excluding hydrogens is 232 g/mol. The lowest BCUT2D eigenvalue weighted by Gasteiger charge is -2.32. The van der Waals surface area contributed by atoms with E-state index in [0.717, 1.165) is 19.4 Å². The molecule has 2 rings (SSSR count). The van der Waals surface area contributed by atoms with Crippen LogP contribution < -0.4 is 5.32 Å². The third-order valence-corrected chi connectivity index (χ3v) is 3.72. The zero-order chi connectivity index (χ0) is 13.1. The number of carbonyl (C=O) groups excluding carboxylic acids is 2. The first-order chi connectivity index (χ1) is 8.58. The Kier molecular flexibility index (Phi) is 4.22. The topological polar surface area (TPSA) is 69.6 Å². The van der Waals surface area contributed by atoms with Gasteiger partial charge in [0.2, 0.25) is 5.91 Å². The summed E-state index contributed by atoms with van der Waals surface area (Å²) in [6.45, 7) is 3.34. The molecule has 0 aromatic heterocycles. The first-order valence-corrected chi connectivity index (χ1v) is 6.82. The Morgan fingerprint density at radius 2 is 2.11 bits per heavy atom. The van der Waals surface area contributed by atoms with Crippen LogP contribution >= 0.6 is 0 Å². The Labute approximate surface area is 108 Å². The van der Waals surface area contributed by atoms with E-state index in [9.17, 15) is 14.7 Å². The summed E-state index contributed by atoms with van der Waals surface area (Å²) >= 11 is 0. The molecule has 0 radical (unpaired) electrons. The van der Waals surface area contributed by atoms with E-state index < -0.39 is 6.10 Å². The van der Waals surface area contributed by atoms with Crippen LogP contribution in [-0.2, 0) is 9.59 Å². The van der Waals surface area contributed by atoms with Gasteiger partial charge < -0.3 is 15.3 Å². The highest BCUT2D eigenvalue weighted by atomic mass is 16.3. The highest BCUT2D eigenvalue weighted by Gasteiger charge is 2.30. The smallest absolute Gasteiger partial charge is 0.251 e. The van der Waals surface area contributed by atoms with E-state index in [4.69, 9.17) is 0 Å². The van der Waals surface area contributed by atoms with Gasteiger partial charge in [-0.2, -0.15) is 0 Å². The molecular formula is C13H22N2O3. The van der Waals surface area contributed by atoms with Crippen LogP contribution in [0.5, 0.6) is 0 Å². The lowest BCUT2D eigenvalue weighted by atomic mass is 9.96. The first-order valence-electron chi connectivity index (χ1n) is 6.82. The predicted octanol–water partition coefficient (Wildman–Crippen LogP) is 0.132. The minimum Gasteiger partial charge on any atom is -0.384 e. The standard InChI is InChI=1S/C13H22N2O3/c1-9(16)13(18)15-6-2-3-11(8-15)12(17)14-7-10-4-5-10/h9-11,16H,2-8H2,1H3,(H,14,17). The Hall–Kier alpha value is -1.10. The second kappa shape index (κ2) is 5.69. The summed E-state index contributed by atoms with van der Waals surface area (Å²) in [4.78, 5) is 25.2. The van der Waals surface area contributed by atoms with Crippen LogP contribution in [-0.4, -0.2) is 47.6 Å². The number of piperidine rings is 1. The lowest BCUT2D eigenvalue weighted by Crippen LogP contribution is -2.48. The van der Waals surface area contributed by atoms with Crippen molar-refractivity contribution in [1.82, 2.24) is 10.2 Å². The van der Waals surface area contributed by atoms with Crippen molar-refractivity contribution >= 4 is 11.8 Å². The molecule has 1 aliphatic heterocycles. The highest BCUT2D eigenvalue weighted by molar-refractivity contribution is 5.83. The monoisotopic (exact) mass is 254 g/mol. The van der Waals surface area contributed by atoms with Crippen LogP contribution in [0, 0.1) is 11.8 Å². The van der Waals surface area contributed by atoms with Gasteiger partial charge in [0.15, 0.2) is 0 Å². The van der Waals surface area contributed by atoms with Gasteiger partial charge in [0, 0.05) is 19.6 Å². The van der Waals surface area contributed by atoms with E-state index in [0.29, 0.717) is 19.0 Å². The molecule has 5 nitrogen and oxygen atoms in total. The summed E-state index contributed by atoms with van der Waals surface area (Å²) in [5.41, 5.74) is 0. The molecule has 1 saturated carbocycles. The molecule has 2 atom stereocenters. The molecule has 1 aliphatic carbocycles. The molecule has 2 amide bonds. The predicted molar refractivity (Wildman–Crippen MR) is 66.7 cm³/mol. The number of amides is 2. The van der Waals surface area contributed by atoms with Crippen LogP contribution in [0.3, 0.4) is 0 Å². The number of aliphatic hydroxyl groups is 1. The average molecular weight is 254 g/mol. The van der Waals surface area contributed by atoms with Crippen molar-refractivity contribution in [1.29, 1.82) is 0 Å². The summed E-state index contributed by atoms with van der Waals surface area (Å²) in [6, 6.07) is 0. The molecule has 18 heavy (non-hydrogen) atoms. The minimum atomic E-state index is -0.974. The molecule has 0 bridgehead atoms. The van der Waals surface area contributed by atoms with Gasteiger partial charge in [-0.15, -0.1) is 0 Å². The minimum absolute atomic E-state index is 0.0602. The summed E-state index contributed by atoms with van der Waals surface area (Å²) in [6.07, 6.45) is 3.13. The van der Waals surface area contributed by atoms with Crippen LogP contribution in [0.1, 0.15) is 32.6 Å². The van der Waals surface area contributed by atoms with Crippen molar-refractivity contribution in [3.63, 3.8) is 0 Å². The maximum Gasteiger partial charge on any atom is 0.251 e. The largest absolute Gasteiger partial charge is 0.384 e. The van der Waals surface area contributed by atoms with E-state index in [1.54, 1.807) is 4.90 Å². The van der Waals surface area contributed by atoms with Crippen molar-refractivity contribution in [2.24, 2.45) is 11.8 Å². The van der Waals surface area contributed by atoms with Gasteiger partial charge >= 0.3 is 0 Å². The molecule has 0 aromatic carbocycles. The number of aliphatic hydroxyl groups excluding tert-OH is 1. The summed E-state index contributed by atoms with van der Waals surface area (Å²) < 4.78 is 0. The quantitative estimate of drug-likeness (QED) is 0.749. The Morgan fingerprint density at radius 1 is 1.39 bits per heavy atom. The number of hydrogen-bond donors (Lipinski definition) is 2. The van der Waals surface area contributed by atoms with Gasteiger partial charge in [0.05, 0.1) is 5.92 Å². The van der Waals surface area contributed by atoms with Crippen LogP contribution in [0.25, 0.3) is 0 Å². The first kappa shape index (κ1) is 13.3. The molecule has 2 unspecified atom stereocenters. The van der Waals surface area contributed by atoms with Crippen molar-refractivity contribution in [2.45, 2.75) is 38.7 Å². The van der Waals surface area contributed by atoms with E-state index in [-0.39, 0.29) is 17.7 Å². The lowest BCUT2D eigenvalue weighted by molar-refractivity contribution is -0.142. The molecule has 1 saturated heterocycles. The second-order valence-corrected chi connectivity index (χ2v) is 5.49. The fraction of sp³-hybridized carbons (Fsp3) is 0.846. The molecule has 0 aromatic rings. The van der Waals surface area contributed by atoms with E-state index in [2.05, 4.69) is 5.32 Å². The number of rotatable bonds is 4. The van der Waals surface area contributed by atoms with Crippen molar-refractivity contribution in [3.05, 3.63) is 0 Å². The maximum absolute atomic E-state index is 12.0. The summed E-state index contributed by atoms with van der Waals surface area (Å²) in [7, 11) is 0. The van der Waals surface area contributed by atoms with E-state index in [1.165, 1.54) is 19.8 Å². The van der Waals surface area contributed by atoms with Crippen LogP contribution in [0.2, 0.25) is 0 Å². The Balaban J connectivity index is 1.81. The summed E-state index contributed by atoms with van der Waals surface area (Å²) in [5.74, 6) is 0.354. The molecule has 2 N–H and O–H groups in total. The normalized spacial score (nSPS) is 25.7. The fourth-order valence-electron chi connectivity index (χ4n) is 2.37. The van der Waals surface area contributed by atoms with Crippen molar-refractivity contribution in [3.8, 4) is 0 Å². The van der Waals surface area contributed by atoms with E-state index >= 15 is 0 Å². The number of nitrogens with one attached hydrogen (secondary N) is 1. The fourth-order valence-corrected chi connectivity index (χ4v) is 2.37. The van der Waals surface area contributed by atoms with Gasteiger partial charge in [0.25, 0.3) is 5.91 Å². The molecule has 1 heterocycles. The summed E-state index contributed by atoms with van der Waals surface area (Å²) in [5, 5.41) is 12.3. The van der Waals surface area contributed by atoms with Crippen molar-refractivity contribution < 1.29 is 14.7 Å². The van der Waals surface area contributed by atoms with Gasteiger partial charge in [-0.25, -0.2) is 0 Å². The average Bonchev–Trinajstić information content (AvgIpc) is 3.19. The zero-order valence-electron chi connectivity index (χ0n) is 10.9. The zero-order valence-corrected chi connectivity index (χ0v) is 10.9. The van der Waals surface area contributed by atoms with Gasteiger partial charge in [-0.1, -0.05) is 0 Å². The third-order valence-electron chi connectivity index (χ3n) is 3.72. The highest BCUT2D eigenvalue weighted by Crippen LogP contribution is 2.28. The van der Waals surface area contributed by atoms with Gasteiger partial charge in [-0.05, 0) is 38.5 Å². The van der Waals surface area contributed by atoms with Gasteiger partial charge in [0.1, 0.15) is 6.10 Å². The second-order valence-electron chi connectivity index (χ2n) is 5.49. The number of hydrogen-bond acceptors (Lipinski definition) is 3. The molecule has 5 heteroatoms. The van der Waals surface area contributed by atoms with Crippen LogP contribution in [0.4, 0.5) is 0 Å². The number of carbonyl (C=O) groups is 2.